The van der Waals surface area contributed by atoms with E-state index in [2.05, 4.69) is 9.71 Å². The Hall–Kier alpha value is -3.70. The Labute approximate surface area is 209 Å². The first kappa shape index (κ1) is 26.9. The number of halogens is 1. The van der Waals surface area contributed by atoms with Crippen LogP contribution in [0.2, 0.25) is 0 Å². The van der Waals surface area contributed by atoms with E-state index in [0.717, 1.165) is 11.1 Å². The van der Waals surface area contributed by atoms with Crippen LogP contribution < -0.4 is 19.9 Å². The molecule has 1 aromatic heterocycles. The predicted octanol–water partition coefficient (Wildman–Crippen LogP) is 3.43. The molecule has 3 N–H and O–H groups in total. The van der Waals surface area contributed by atoms with Crippen molar-refractivity contribution in [2.75, 3.05) is 18.9 Å². The minimum Gasteiger partial charge on any atom is -0.493 e. The van der Waals surface area contributed by atoms with Gasteiger partial charge in [-0.05, 0) is 60.7 Å². The fourth-order valence-corrected chi connectivity index (χ4v) is 4.41. The van der Waals surface area contributed by atoms with Gasteiger partial charge in [-0.25, -0.2) is 17.8 Å². The number of nitrogens with one attached hydrogen (secondary N) is 1. The molecule has 192 valence electrons. The molecule has 1 unspecified atom stereocenters. The SMILES string of the molecule is COc1ccc(S(=O)(=O)Nc2ccc(CCCC(OCc3ccc(F)cc3)C(N)=O)cn2)cc1OC. The molecule has 11 heteroatoms. The molecule has 0 spiro atoms. The highest BCUT2D eigenvalue weighted by Crippen LogP contribution is 2.30. The number of nitrogens with two attached hydrogens (primary N) is 1. The number of primary amides is 1. The van der Waals surface area contributed by atoms with Crippen LogP contribution in [0.15, 0.2) is 65.7 Å². The van der Waals surface area contributed by atoms with E-state index in [0.29, 0.717) is 30.8 Å². The lowest BCUT2D eigenvalue weighted by molar-refractivity contribution is -0.130. The van der Waals surface area contributed by atoms with Crippen LogP contribution in [0.4, 0.5) is 10.2 Å². The summed E-state index contributed by atoms with van der Waals surface area (Å²) in [6.07, 6.45) is 2.35. The predicted molar refractivity (Wildman–Crippen MR) is 132 cm³/mol. The lowest BCUT2D eigenvalue weighted by atomic mass is 10.1. The molecular weight excluding hydrogens is 489 g/mol. The number of pyridine rings is 1. The number of rotatable bonds is 13. The highest BCUT2D eigenvalue weighted by atomic mass is 32.2. The van der Waals surface area contributed by atoms with Crippen molar-refractivity contribution in [3.63, 3.8) is 0 Å². The van der Waals surface area contributed by atoms with E-state index in [1.165, 1.54) is 44.6 Å². The van der Waals surface area contributed by atoms with Gasteiger partial charge in [0.2, 0.25) is 5.91 Å². The van der Waals surface area contributed by atoms with Crippen molar-refractivity contribution < 1.29 is 31.8 Å². The molecule has 0 aliphatic heterocycles. The highest BCUT2D eigenvalue weighted by molar-refractivity contribution is 7.92. The van der Waals surface area contributed by atoms with Crippen molar-refractivity contribution in [1.82, 2.24) is 4.98 Å². The van der Waals surface area contributed by atoms with Gasteiger partial charge in [-0.3, -0.25) is 9.52 Å². The van der Waals surface area contributed by atoms with Gasteiger partial charge in [-0.15, -0.1) is 0 Å². The summed E-state index contributed by atoms with van der Waals surface area (Å²) in [6.45, 7) is 0.143. The summed E-state index contributed by atoms with van der Waals surface area (Å²) in [5.41, 5.74) is 7.04. The average molecular weight is 518 g/mol. The second-order valence-electron chi connectivity index (χ2n) is 7.89. The summed E-state index contributed by atoms with van der Waals surface area (Å²) >= 11 is 0. The van der Waals surface area contributed by atoms with E-state index in [9.17, 15) is 17.6 Å². The number of nitrogens with zero attached hydrogens (tertiary/aromatic N) is 1. The van der Waals surface area contributed by atoms with Crippen LogP contribution in [0, 0.1) is 5.82 Å². The van der Waals surface area contributed by atoms with Gasteiger partial charge in [0.15, 0.2) is 11.5 Å². The lowest BCUT2D eigenvalue weighted by Crippen LogP contribution is -2.31. The molecule has 0 aliphatic carbocycles. The number of anilines is 1. The molecule has 3 aromatic rings. The summed E-state index contributed by atoms with van der Waals surface area (Å²) in [7, 11) is -1.00. The second kappa shape index (κ2) is 12.3. The minimum absolute atomic E-state index is 0.00385. The fourth-order valence-electron chi connectivity index (χ4n) is 3.39. The molecular formula is C25H28FN3O6S. The van der Waals surface area contributed by atoms with Gasteiger partial charge in [-0.2, -0.15) is 0 Å². The van der Waals surface area contributed by atoms with Crippen molar-refractivity contribution in [3.05, 3.63) is 77.7 Å². The summed E-state index contributed by atoms with van der Waals surface area (Å²) in [5.74, 6) is -0.0575. The second-order valence-corrected chi connectivity index (χ2v) is 9.58. The van der Waals surface area contributed by atoms with E-state index >= 15 is 0 Å². The largest absolute Gasteiger partial charge is 0.493 e. The molecule has 1 heterocycles. The van der Waals surface area contributed by atoms with Crippen LogP contribution in [0.3, 0.4) is 0 Å². The normalized spacial score (nSPS) is 12.1. The Morgan fingerprint density at radius 1 is 1.03 bits per heavy atom. The third kappa shape index (κ3) is 7.40. The third-order valence-corrected chi connectivity index (χ3v) is 6.69. The number of carbonyl (C=O) groups is 1. The average Bonchev–Trinajstić information content (AvgIpc) is 2.87. The van der Waals surface area contributed by atoms with Gasteiger partial charge in [0.1, 0.15) is 17.7 Å². The maximum atomic E-state index is 13.0. The topological polar surface area (TPSA) is 130 Å². The lowest BCUT2D eigenvalue weighted by Gasteiger charge is -2.15. The van der Waals surface area contributed by atoms with Crippen molar-refractivity contribution in [2.45, 2.75) is 36.9 Å². The number of amides is 1. The zero-order valence-corrected chi connectivity index (χ0v) is 20.8. The van der Waals surface area contributed by atoms with E-state index < -0.39 is 22.0 Å². The maximum Gasteiger partial charge on any atom is 0.263 e. The molecule has 0 aliphatic rings. The third-order valence-electron chi connectivity index (χ3n) is 5.34. The number of hydrogen-bond donors (Lipinski definition) is 2. The fraction of sp³-hybridized carbons (Fsp3) is 0.280. The Balaban J connectivity index is 1.53. The number of hydrogen-bond acceptors (Lipinski definition) is 7. The highest BCUT2D eigenvalue weighted by Gasteiger charge is 2.18. The first-order valence-electron chi connectivity index (χ1n) is 11.1. The van der Waals surface area contributed by atoms with Gasteiger partial charge in [0.05, 0.1) is 25.7 Å². The quantitative estimate of drug-likeness (QED) is 0.355. The van der Waals surface area contributed by atoms with Crippen LogP contribution in [0.25, 0.3) is 0 Å². The smallest absolute Gasteiger partial charge is 0.263 e. The molecule has 9 nitrogen and oxygen atoms in total. The Morgan fingerprint density at radius 3 is 2.33 bits per heavy atom. The van der Waals surface area contributed by atoms with Crippen LogP contribution in [-0.2, 0) is 32.6 Å². The number of benzene rings is 2. The number of carbonyl (C=O) groups excluding carboxylic acids is 1. The van der Waals surface area contributed by atoms with Crippen LogP contribution in [-0.4, -0.2) is 39.6 Å². The van der Waals surface area contributed by atoms with Crippen molar-refractivity contribution in [2.24, 2.45) is 5.73 Å². The van der Waals surface area contributed by atoms with E-state index in [4.69, 9.17) is 19.9 Å². The van der Waals surface area contributed by atoms with Crippen molar-refractivity contribution in [1.29, 1.82) is 0 Å². The molecule has 3 rings (SSSR count). The van der Waals surface area contributed by atoms with Crippen LogP contribution in [0.5, 0.6) is 11.5 Å². The summed E-state index contributed by atoms with van der Waals surface area (Å²) in [4.78, 5) is 15.9. The molecule has 1 atom stereocenters. The van der Waals surface area contributed by atoms with E-state index in [1.807, 2.05) is 0 Å². The first-order valence-corrected chi connectivity index (χ1v) is 12.6. The standard InChI is InChI=1S/C25H28FN3O6S/c1-33-21-12-11-20(14-23(21)34-2)36(31,32)29-24-13-8-17(15-28-24)4-3-5-22(25(27)30)35-16-18-6-9-19(26)10-7-18/h6-15,22H,3-5,16H2,1-2H3,(H2,27,30)(H,28,29). The first-order chi connectivity index (χ1) is 17.2. The van der Waals surface area contributed by atoms with Gasteiger partial charge < -0.3 is 19.9 Å². The number of aryl methyl sites for hydroxylation is 1. The van der Waals surface area contributed by atoms with Gasteiger partial charge in [-0.1, -0.05) is 18.2 Å². The minimum atomic E-state index is -3.89. The zero-order valence-electron chi connectivity index (χ0n) is 19.9. The number of ether oxygens (including phenoxy) is 3. The molecule has 0 fully saturated rings. The van der Waals surface area contributed by atoms with Crippen molar-refractivity contribution >= 4 is 21.7 Å². The van der Waals surface area contributed by atoms with Gasteiger partial charge in [0, 0.05) is 12.3 Å². The molecule has 0 radical (unpaired) electrons. The molecule has 1 amide bonds. The molecule has 0 saturated heterocycles. The van der Waals surface area contributed by atoms with Gasteiger partial charge in [0.25, 0.3) is 10.0 Å². The van der Waals surface area contributed by atoms with E-state index in [-0.39, 0.29) is 23.1 Å². The maximum absolute atomic E-state index is 13.0. The Morgan fingerprint density at radius 2 is 1.72 bits per heavy atom. The summed E-state index contributed by atoms with van der Waals surface area (Å²) in [6, 6.07) is 13.4. The van der Waals surface area contributed by atoms with Crippen LogP contribution >= 0.6 is 0 Å². The van der Waals surface area contributed by atoms with Crippen molar-refractivity contribution in [3.8, 4) is 11.5 Å². The van der Waals surface area contributed by atoms with Crippen LogP contribution in [0.1, 0.15) is 24.0 Å². The summed E-state index contributed by atoms with van der Waals surface area (Å²) in [5, 5.41) is 0. The van der Waals surface area contributed by atoms with E-state index in [1.54, 1.807) is 30.5 Å². The number of aromatic nitrogens is 1. The molecule has 0 saturated carbocycles. The Kier molecular flexibility index (Phi) is 9.20. The van der Waals surface area contributed by atoms with Gasteiger partial charge >= 0.3 is 0 Å². The molecule has 36 heavy (non-hydrogen) atoms. The molecule has 2 aromatic carbocycles. The number of sulfonamides is 1. The summed E-state index contributed by atoms with van der Waals surface area (Å²) < 4.78 is 56.8. The molecule has 0 bridgehead atoms. The Bertz CT molecular complexity index is 1270. The monoisotopic (exact) mass is 517 g/mol. The zero-order chi connectivity index (χ0) is 26.1. The number of methoxy groups -OCH3 is 2.